The van der Waals surface area contributed by atoms with Gasteiger partial charge in [0.25, 0.3) is 0 Å². The second kappa shape index (κ2) is 7.32. The zero-order chi connectivity index (χ0) is 16.2. The van der Waals surface area contributed by atoms with Crippen molar-refractivity contribution in [2.24, 2.45) is 5.92 Å². The third kappa shape index (κ3) is 4.24. The highest BCUT2D eigenvalue weighted by Crippen LogP contribution is 2.48. The summed E-state index contributed by atoms with van der Waals surface area (Å²) < 4.78 is 10.2. The van der Waals surface area contributed by atoms with Crippen molar-refractivity contribution in [2.75, 3.05) is 13.9 Å². The molecule has 2 atom stereocenters. The molecule has 3 rings (SSSR count). The van der Waals surface area contributed by atoms with Gasteiger partial charge >= 0.3 is 0 Å². The quantitative estimate of drug-likeness (QED) is 0.789. The fraction of sp³-hybridized carbons (Fsp3) is 0.611. The van der Waals surface area contributed by atoms with Crippen LogP contribution < -0.4 is 10.1 Å². The van der Waals surface area contributed by atoms with Crippen LogP contribution in [0.4, 0.5) is 0 Å². The van der Waals surface area contributed by atoms with E-state index >= 15 is 0 Å². The molecule has 1 aromatic carbocycles. The molecule has 2 aliphatic carbocycles. The number of methoxy groups -OCH3 is 1. The Morgan fingerprint density at radius 3 is 2.57 bits per heavy atom. The standard InChI is InChI=1S/C18H25NO4/c1-22-11-23-15-8-2-12(3-9-15)16-10-17(16)18(21)19-13-4-6-14(20)7-5-13/h2-3,8-9,13-14,16-17,20H,4-7,10-11H2,1H3,(H,19,21). The molecule has 1 aromatic rings. The Morgan fingerprint density at radius 2 is 1.91 bits per heavy atom. The van der Waals surface area contributed by atoms with E-state index in [-0.39, 0.29) is 30.8 Å². The van der Waals surface area contributed by atoms with E-state index in [9.17, 15) is 9.90 Å². The van der Waals surface area contributed by atoms with Crippen molar-refractivity contribution in [2.45, 2.75) is 50.2 Å². The minimum absolute atomic E-state index is 0.0904. The van der Waals surface area contributed by atoms with Gasteiger partial charge < -0.3 is 19.9 Å². The molecular weight excluding hydrogens is 294 g/mol. The van der Waals surface area contributed by atoms with Crippen LogP contribution in [0.3, 0.4) is 0 Å². The van der Waals surface area contributed by atoms with Crippen molar-refractivity contribution in [3.63, 3.8) is 0 Å². The summed E-state index contributed by atoms with van der Waals surface area (Å²) in [7, 11) is 1.59. The zero-order valence-corrected chi connectivity index (χ0v) is 13.5. The molecular formula is C18H25NO4. The van der Waals surface area contributed by atoms with Crippen molar-refractivity contribution >= 4 is 5.91 Å². The molecule has 0 bridgehead atoms. The predicted molar refractivity (Wildman–Crippen MR) is 86.2 cm³/mol. The molecule has 0 aromatic heterocycles. The SMILES string of the molecule is COCOc1ccc(C2CC2C(=O)NC2CCC(O)CC2)cc1. The maximum atomic E-state index is 12.3. The summed E-state index contributed by atoms with van der Waals surface area (Å²) in [6, 6.07) is 8.13. The second-order valence-electron chi connectivity index (χ2n) is 6.58. The van der Waals surface area contributed by atoms with Crippen LogP contribution in [-0.2, 0) is 9.53 Å². The largest absolute Gasteiger partial charge is 0.468 e. The zero-order valence-electron chi connectivity index (χ0n) is 13.5. The van der Waals surface area contributed by atoms with Crippen LogP contribution in [-0.4, -0.2) is 37.1 Å². The number of aliphatic hydroxyl groups excluding tert-OH is 1. The topological polar surface area (TPSA) is 67.8 Å². The maximum Gasteiger partial charge on any atom is 0.223 e. The van der Waals surface area contributed by atoms with Crippen LogP contribution in [0.2, 0.25) is 0 Å². The minimum Gasteiger partial charge on any atom is -0.468 e. The molecule has 2 saturated carbocycles. The molecule has 0 aliphatic heterocycles. The Morgan fingerprint density at radius 1 is 1.22 bits per heavy atom. The number of nitrogens with one attached hydrogen (secondary N) is 1. The molecule has 2 unspecified atom stereocenters. The summed E-state index contributed by atoms with van der Waals surface area (Å²) in [4.78, 5) is 12.3. The van der Waals surface area contributed by atoms with Crippen molar-refractivity contribution in [3.8, 4) is 5.75 Å². The molecule has 0 heterocycles. The van der Waals surface area contributed by atoms with E-state index in [1.165, 1.54) is 5.56 Å². The van der Waals surface area contributed by atoms with Gasteiger partial charge in [-0.1, -0.05) is 12.1 Å². The lowest BCUT2D eigenvalue weighted by Gasteiger charge is -2.26. The van der Waals surface area contributed by atoms with E-state index in [1.54, 1.807) is 7.11 Å². The molecule has 5 heteroatoms. The molecule has 0 saturated heterocycles. The number of benzene rings is 1. The highest BCUT2D eigenvalue weighted by molar-refractivity contribution is 5.83. The number of carbonyl (C=O) groups is 1. The normalized spacial score (nSPS) is 29.8. The third-order valence-corrected chi connectivity index (χ3v) is 4.82. The summed E-state index contributed by atoms with van der Waals surface area (Å²) >= 11 is 0. The summed E-state index contributed by atoms with van der Waals surface area (Å²) in [6.45, 7) is 0.240. The molecule has 5 nitrogen and oxygen atoms in total. The predicted octanol–water partition coefficient (Wildman–Crippen LogP) is 2.19. The monoisotopic (exact) mass is 319 g/mol. The first kappa shape index (κ1) is 16.3. The van der Waals surface area contributed by atoms with E-state index in [1.807, 2.05) is 24.3 Å². The van der Waals surface area contributed by atoms with Crippen LogP contribution in [0.25, 0.3) is 0 Å². The first-order valence-electron chi connectivity index (χ1n) is 8.37. The van der Waals surface area contributed by atoms with Crippen LogP contribution in [0.1, 0.15) is 43.6 Å². The van der Waals surface area contributed by atoms with Crippen LogP contribution in [0, 0.1) is 5.92 Å². The number of hydrogen-bond acceptors (Lipinski definition) is 4. The molecule has 0 radical (unpaired) electrons. The first-order chi connectivity index (χ1) is 11.2. The van der Waals surface area contributed by atoms with Crippen LogP contribution in [0.15, 0.2) is 24.3 Å². The smallest absolute Gasteiger partial charge is 0.223 e. The van der Waals surface area contributed by atoms with Gasteiger partial charge in [0.1, 0.15) is 5.75 Å². The maximum absolute atomic E-state index is 12.3. The van der Waals surface area contributed by atoms with Gasteiger partial charge in [-0.25, -0.2) is 0 Å². The Balaban J connectivity index is 1.47. The third-order valence-electron chi connectivity index (χ3n) is 4.82. The molecule has 0 spiro atoms. The number of ether oxygens (including phenoxy) is 2. The Hall–Kier alpha value is -1.59. The minimum atomic E-state index is -0.185. The lowest BCUT2D eigenvalue weighted by molar-refractivity contribution is -0.123. The molecule has 126 valence electrons. The van der Waals surface area contributed by atoms with Gasteiger partial charge in [-0.05, 0) is 55.7 Å². The average Bonchev–Trinajstić information content (AvgIpc) is 3.36. The summed E-state index contributed by atoms with van der Waals surface area (Å²) in [5.74, 6) is 1.35. The van der Waals surface area contributed by atoms with Gasteiger partial charge in [0.15, 0.2) is 6.79 Å². The van der Waals surface area contributed by atoms with Gasteiger partial charge in [0, 0.05) is 19.1 Å². The van der Waals surface area contributed by atoms with Gasteiger partial charge in [0.05, 0.1) is 6.10 Å². The average molecular weight is 319 g/mol. The molecule has 2 fully saturated rings. The lowest BCUT2D eigenvalue weighted by atomic mass is 9.93. The van der Waals surface area contributed by atoms with Gasteiger partial charge in [-0.3, -0.25) is 4.79 Å². The number of hydrogen-bond donors (Lipinski definition) is 2. The molecule has 1 amide bonds. The highest BCUT2D eigenvalue weighted by Gasteiger charge is 2.44. The van der Waals surface area contributed by atoms with Crippen LogP contribution in [0.5, 0.6) is 5.75 Å². The van der Waals surface area contributed by atoms with E-state index < -0.39 is 0 Å². The first-order valence-corrected chi connectivity index (χ1v) is 8.37. The van der Waals surface area contributed by atoms with Gasteiger partial charge in [-0.2, -0.15) is 0 Å². The summed E-state index contributed by atoms with van der Waals surface area (Å²) in [5.41, 5.74) is 1.19. The molecule has 2 N–H and O–H groups in total. The molecule has 23 heavy (non-hydrogen) atoms. The fourth-order valence-corrected chi connectivity index (χ4v) is 3.32. The number of rotatable bonds is 6. The Kier molecular flexibility index (Phi) is 5.18. The van der Waals surface area contributed by atoms with Crippen molar-refractivity contribution < 1.29 is 19.4 Å². The summed E-state index contributed by atoms with van der Waals surface area (Å²) in [5, 5.41) is 12.7. The second-order valence-corrected chi connectivity index (χ2v) is 6.58. The van der Waals surface area contributed by atoms with Crippen molar-refractivity contribution in [3.05, 3.63) is 29.8 Å². The fourth-order valence-electron chi connectivity index (χ4n) is 3.32. The van der Waals surface area contributed by atoms with Gasteiger partial charge in [0.2, 0.25) is 5.91 Å². The number of carbonyl (C=O) groups excluding carboxylic acids is 1. The van der Waals surface area contributed by atoms with E-state index in [2.05, 4.69) is 5.32 Å². The number of amides is 1. The lowest BCUT2D eigenvalue weighted by Crippen LogP contribution is -2.39. The highest BCUT2D eigenvalue weighted by atomic mass is 16.7. The Bertz CT molecular complexity index is 522. The van der Waals surface area contributed by atoms with Gasteiger partial charge in [-0.15, -0.1) is 0 Å². The van der Waals surface area contributed by atoms with E-state index in [4.69, 9.17) is 9.47 Å². The van der Waals surface area contributed by atoms with Crippen molar-refractivity contribution in [1.29, 1.82) is 0 Å². The van der Waals surface area contributed by atoms with E-state index in [0.717, 1.165) is 37.9 Å². The van der Waals surface area contributed by atoms with E-state index in [0.29, 0.717) is 5.92 Å². The Labute approximate surface area is 137 Å². The number of aliphatic hydroxyl groups is 1. The summed E-state index contributed by atoms with van der Waals surface area (Å²) in [6.07, 6.45) is 4.09. The van der Waals surface area contributed by atoms with Crippen molar-refractivity contribution in [1.82, 2.24) is 5.32 Å². The van der Waals surface area contributed by atoms with Crippen LogP contribution >= 0.6 is 0 Å². The molecule has 2 aliphatic rings.